The molecule has 0 atom stereocenters. The van der Waals surface area contributed by atoms with Gasteiger partial charge in [-0.3, -0.25) is 0 Å². The number of benzene rings is 1. The van der Waals surface area contributed by atoms with E-state index in [9.17, 15) is 0 Å². The van der Waals surface area contributed by atoms with Crippen LogP contribution in [0.3, 0.4) is 0 Å². The van der Waals surface area contributed by atoms with Crippen molar-refractivity contribution in [2.45, 2.75) is 33.2 Å². The predicted molar refractivity (Wildman–Crippen MR) is 76.1 cm³/mol. The molecule has 1 aromatic heterocycles. The number of nitrogens with zero attached hydrogens (tertiary/aromatic N) is 4. The molecule has 102 valence electrons. The lowest BCUT2D eigenvalue weighted by Gasteiger charge is -2.08. The predicted octanol–water partition coefficient (Wildman–Crippen LogP) is 1.94. The second-order valence-corrected chi connectivity index (χ2v) is 5.11. The van der Waals surface area contributed by atoms with Crippen LogP contribution in [0.25, 0.3) is 11.4 Å². The van der Waals surface area contributed by atoms with Gasteiger partial charge in [-0.15, -0.1) is 5.10 Å². The summed E-state index contributed by atoms with van der Waals surface area (Å²) in [4.78, 5) is 0. The first kappa shape index (κ1) is 13.3. The fourth-order valence-corrected chi connectivity index (χ4v) is 1.98. The maximum absolute atomic E-state index is 5.97. The molecule has 1 aromatic carbocycles. The molecule has 0 aliphatic carbocycles. The van der Waals surface area contributed by atoms with Crippen LogP contribution in [0.4, 0.5) is 11.4 Å². The molecule has 2 aromatic rings. The highest BCUT2D eigenvalue weighted by Crippen LogP contribution is 2.25. The van der Waals surface area contributed by atoms with Gasteiger partial charge in [-0.1, -0.05) is 13.8 Å². The number of aromatic nitrogens is 4. The number of tetrazole rings is 1. The van der Waals surface area contributed by atoms with Crippen molar-refractivity contribution >= 4 is 11.4 Å². The van der Waals surface area contributed by atoms with Crippen LogP contribution in [-0.4, -0.2) is 20.2 Å². The Labute approximate surface area is 112 Å². The van der Waals surface area contributed by atoms with Gasteiger partial charge >= 0.3 is 0 Å². The van der Waals surface area contributed by atoms with Crippen LogP contribution in [0.5, 0.6) is 0 Å². The average molecular weight is 260 g/mol. The standard InChI is InChI=1S/C13H20N6/c1-9(2)4-3-7-19-13(16-17-18-19)11-6-5-10(14)8-12(11)15/h5-6,8-9H,3-4,7,14-15H2,1-2H3. The SMILES string of the molecule is CC(C)CCCn1nnnc1-c1ccc(N)cc1N. The van der Waals surface area contributed by atoms with Crippen LogP contribution >= 0.6 is 0 Å². The largest absolute Gasteiger partial charge is 0.399 e. The molecule has 6 heteroatoms. The Morgan fingerprint density at radius 3 is 2.74 bits per heavy atom. The monoisotopic (exact) mass is 260 g/mol. The third kappa shape index (κ3) is 3.21. The molecular formula is C13H20N6. The lowest BCUT2D eigenvalue weighted by atomic mass is 10.1. The summed E-state index contributed by atoms with van der Waals surface area (Å²) in [5, 5.41) is 11.8. The summed E-state index contributed by atoms with van der Waals surface area (Å²) in [6.45, 7) is 5.21. The van der Waals surface area contributed by atoms with Crippen LogP contribution in [0.1, 0.15) is 26.7 Å². The zero-order valence-corrected chi connectivity index (χ0v) is 11.4. The van der Waals surface area contributed by atoms with E-state index in [1.165, 1.54) is 0 Å². The summed E-state index contributed by atoms with van der Waals surface area (Å²) in [7, 11) is 0. The molecule has 19 heavy (non-hydrogen) atoms. The molecule has 0 unspecified atom stereocenters. The van der Waals surface area contributed by atoms with Gasteiger partial charge in [0.15, 0.2) is 5.82 Å². The summed E-state index contributed by atoms with van der Waals surface area (Å²) in [5.74, 6) is 1.38. The Morgan fingerprint density at radius 1 is 1.26 bits per heavy atom. The molecule has 2 rings (SSSR count). The van der Waals surface area contributed by atoms with Crippen LogP contribution in [-0.2, 0) is 6.54 Å². The normalized spacial score (nSPS) is 11.1. The molecule has 0 aliphatic heterocycles. The van der Waals surface area contributed by atoms with Gasteiger partial charge in [-0.25, -0.2) is 4.68 Å². The molecule has 1 heterocycles. The second kappa shape index (κ2) is 5.69. The van der Waals surface area contributed by atoms with E-state index in [-0.39, 0.29) is 0 Å². The number of hydrogen-bond donors (Lipinski definition) is 2. The van der Waals surface area contributed by atoms with Crippen LogP contribution in [0, 0.1) is 5.92 Å². The molecule has 0 aliphatic rings. The summed E-state index contributed by atoms with van der Waals surface area (Å²) < 4.78 is 1.80. The van der Waals surface area contributed by atoms with Crippen LogP contribution in [0.15, 0.2) is 18.2 Å². The summed E-state index contributed by atoms with van der Waals surface area (Å²) in [6.07, 6.45) is 2.20. The highest BCUT2D eigenvalue weighted by molar-refractivity contribution is 5.74. The topological polar surface area (TPSA) is 95.6 Å². The molecule has 0 spiro atoms. The highest BCUT2D eigenvalue weighted by Gasteiger charge is 2.12. The molecule has 0 saturated heterocycles. The van der Waals surface area contributed by atoms with E-state index in [0.717, 1.165) is 24.9 Å². The summed E-state index contributed by atoms with van der Waals surface area (Å²) in [6, 6.07) is 5.39. The Balaban J connectivity index is 2.19. The van der Waals surface area contributed by atoms with Gasteiger partial charge in [0.05, 0.1) is 0 Å². The highest BCUT2D eigenvalue weighted by atomic mass is 15.5. The Bertz CT molecular complexity index is 546. The minimum atomic E-state index is 0.597. The van der Waals surface area contributed by atoms with Gasteiger partial charge < -0.3 is 11.5 Å². The summed E-state index contributed by atoms with van der Waals surface area (Å²) in [5.41, 5.74) is 13.7. The second-order valence-electron chi connectivity index (χ2n) is 5.11. The van der Waals surface area contributed by atoms with Gasteiger partial charge in [-0.2, -0.15) is 0 Å². The number of aryl methyl sites for hydroxylation is 1. The van der Waals surface area contributed by atoms with Gasteiger partial charge in [0.2, 0.25) is 0 Å². The van der Waals surface area contributed by atoms with E-state index in [0.29, 0.717) is 23.1 Å². The first-order valence-corrected chi connectivity index (χ1v) is 6.49. The fraction of sp³-hybridized carbons (Fsp3) is 0.462. The third-order valence-electron chi connectivity index (χ3n) is 3.00. The van der Waals surface area contributed by atoms with Crippen molar-refractivity contribution in [3.63, 3.8) is 0 Å². The zero-order chi connectivity index (χ0) is 13.8. The average Bonchev–Trinajstić information content (AvgIpc) is 2.77. The van der Waals surface area contributed by atoms with Crippen molar-refractivity contribution in [3.8, 4) is 11.4 Å². The maximum Gasteiger partial charge on any atom is 0.184 e. The minimum Gasteiger partial charge on any atom is -0.399 e. The Hall–Kier alpha value is -2.11. The van der Waals surface area contributed by atoms with Crippen molar-refractivity contribution in [1.29, 1.82) is 0 Å². The summed E-state index contributed by atoms with van der Waals surface area (Å²) >= 11 is 0. The van der Waals surface area contributed by atoms with Crippen molar-refractivity contribution < 1.29 is 0 Å². The number of nitrogen functional groups attached to an aromatic ring is 2. The third-order valence-corrected chi connectivity index (χ3v) is 3.00. The number of nitrogens with two attached hydrogens (primary N) is 2. The van der Waals surface area contributed by atoms with E-state index >= 15 is 0 Å². The molecule has 4 N–H and O–H groups in total. The van der Waals surface area contributed by atoms with Gasteiger partial charge in [-0.05, 0) is 47.4 Å². The smallest absolute Gasteiger partial charge is 0.184 e. The maximum atomic E-state index is 5.97. The van der Waals surface area contributed by atoms with Crippen LogP contribution in [0.2, 0.25) is 0 Å². The lowest BCUT2D eigenvalue weighted by molar-refractivity contribution is 0.485. The molecule has 0 bridgehead atoms. The van der Waals surface area contributed by atoms with Crippen LogP contribution < -0.4 is 11.5 Å². The quantitative estimate of drug-likeness (QED) is 0.801. The Kier molecular flexibility index (Phi) is 3.99. The first-order chi connectivity index (χ1) is 9.08. The molecule has 0 radical (unpaired) electrons. The van der Waals surface area contributed by atoms with Crippen molar-refractivity contribution in [1.82, 2.24) is 20.2 Å². The fourth-order valence-electron chi connectivity index (χ4n) is 1.98. The molecule has 0 saturated carbocycles. The van der Waals surface area contributed by atoms with Crippen molar-refractivity contribution in [2.24, 2.45) is 5.92 Å². The molecule has 0 amide bonds. The first-order valence-electron chi connectivity index (χ1n) is 6.49. The van der Waals surface area contributed by atoms with E-state index in [4.69, 9.17) is 11.5 Å². The number of hydrogen-bond acceptors (Lipinski definition) is 5. The van der Waals surface area contributed by atoms with E-state index < -0.39 is 0 Å². The van der Waals surface area contributed by atoms with Gasteiger partial charge in [0, 0.05) is 23.5 Å². The number of rotatable bonds is 5. The molecule has 6 nitrogen and oxygen atoms in total. The van der Waals surface area contributed by atoms with Gasteiger partial charge in [0.1, 0.15) is 0 Å². The van der Waals surface area contributed by atoms with E-state index in [1.54, 1.807) is 16.8 Å². The molecule has 0 fully saturated rings. The minimum absolute atomic E-state index is 0.597. The van der Waals surface area contributed by atoms with Crippen molar-refractivity contribution in [2.75, 3.05) is 11.5 Å². The Morgan fingerprint density at radius 2 is 2.05 bits per heavy atom. The van der Waals surface area contributed by atoms with Crippen molar-refractivity contribution in [3.05, 3.63) is 18.2 Å². The molecular weight excluding hydrogens is 240 g/mol. The van der Waals surface area contributed by atoms with E-state index in [1.807, 2.05) is 6.07 Å². The lowest BCUT2D eigenvalue weighted by Crippen LogP contribution is -2.05. The van der Waals surface area contributed by atoms with E-state index in [2.05, 4.69) is 29.4 Å². The zero-order valence-electron chi connectivity index (χ0n) is 11.4. The van der Waals surface area contributed by atoms with Gasteiger partial charge in [0.25, 0.3) is 0 Å². The number of anilines is 2.